The summed E-state index contributed by atoms with van der Waals surface area (Å²) in [6.45, 7) is 1.34. The van der Waals surface area contributed by atoms with Gasteiger partial charge in [0.1, 0.15) is 5.58 Å². The molecule has 9 heteroatoms. The molecule has 2 aromatic carbocycles. The Morgan fingerprint density at radius 2 is 1.93 bits per heavy atom. The summed E-state index contributed by atoms with van der Waals surface area (Å²) in [4.78, 5) is 11.4. The van der Waals surface area contributed by atoms with E-state index in [0.29, 0.717) is 11.1 Å². The molecule has 1 aromatic heterocycles. The number of benzene rings is 2. The van der Waals surface area contributed by atoms with E-state index >= 15 is 0 Å². The maximum atomic E-state index is 12.6. The van der Waals surface area contributed by atoms with E-state index in [9.17, 15) is 23.3 Å². The molecule has 0 spiro atoms. The predicted octanol–water partition coefficient (Wildman–Crippen LogP) is 1.54. The standard InChI is InChI=1S/C18H18BNO6S/c1-12(21)13-5-4-6-15(9-13)27(24,25)20-18(19(22)23)10-14-11-26-17-8-3-2-7-16(14)17/h2-9,11,18,20,22-23H,10H2,1H3/t18-/m0/s1. The molecular formula is C18H18BNO6S. The summed E-state index contributed by atoms with van der Waals surface area (Å²) < 4.78 is 33.0. The molecule has 0 fully saturated rings. The summed E-state index contributed by atoms with van der Waals surface area (Å²) in [5.74, 6) is -1.47. The minimum Gasteiger partial charge on any atom is -0.464 e. The largest absolute Gasteiger partial charge is 0.471 e. The quantitative estimate of drug-likeness (QED) is 0.418. The normalized spacial score (nSPS) is 12.9. The Hall–Kier alpha value is -2.46. The van der Waals surface area contributed by atoms with Crippen LogP contribution < -0.4 is 4.72 Å². The molecule has 0 saturated heterocycles. The zero-order chi connectivity index (χ0) is 19.6. The molecule has 0 amide bonds. The van der Waals surface area contributed by atoms with E-state index in [2.05, 4.69) is 4.72 Å². The average molecular weight is 387 g/mol. The Balaban J connectivity index is 1.87. The van der Waals surface area contributed by atoms with Gasteiger partial charge in [-0.1, -0.05) is 30.3 Å². The van der Waals surface area contributed by atoms with Crippen LogP contribution >= 0.6 is 0 Å². The van der Waals surface area contributed by atoms with Crippen LogP contribution in [-0.4, -0.2) is 37.3 Å². The number of Topliss-reactive ketones (excluding diaryl/α,β-unsaturated/α-hetero) is 1. The molecule has 0 aliphatic heterocycles. The summed E-state index contributed by atoms with van der Waals surface area (Å²) >= 11 is 0. The van der Waals surface area contributed by atoms with Gasteiger partial charge < -0.3 is 14.5 Å². The fourth-order valence-corrected chi connectivity index (χ4v) is 4.06. The molecule has 0 aliphatic carbocycles. The van der Waals surface area contributed by atoms with E-state index in [-0.39, 0.29) is 22.7 Å². The molecule has 3 rings (SSSR count). The van der Waals surface area contributed by atoms with Gasteiger partial charge in [0, 0.05) is 10.9 Å². The number of para-hydroxylation sites is 1. The lowest BCUT2D eigenvalue weighted by atomic mass is 9.77. The highest BCUT2D eigenvalue weighted by Gasteiger charge is 2.30. The Morgan fingerprint density at radius 3 is 2.63 bits per heavy atom. The summed E-state index contributed by atoms with van der Waals surface area (Å²) in [6.07, 6.45) is 1.48. The fourth-order valence-electron chi connectivity index (χ4n) is 2.79. The molecular weight excluding hydrogens is 369 g/mol. The molecule has 0 radical (unpaired) electrons. The van der Waals surface area contributed by atoms with Crippen molar-refractivity contribution in [3.05, 3.63) is 65.9 Å². The van der Waals surface area contributed by atoms with Crippen molar-refractivity contribution in [3.63, 3.8) is 0 Å². The second-order valence-corrected chi connectivity index (χ2v) is 7.90. The zero-order valence-electron chi connectivity index (χ0n) is 14.5. The first-order chi connectivity index (χ1) is 12.8. The van der Waals surface area contributed by atoms with Crippen molar-refractivity contribution in [1.29, 1.82) is 0 Å². The van der Waals surface area contributed by atoms with Gasteiger partial charge in [0.15, 0.2) is 5.78 Å². The van der Waals surface area contributed by atoms with Crippen molar-refractivity contribution in [2.24, 2.45) is 0 Å². The topological polar surface area (TPSA) is 117 Å². The van der Waals surface area contributed by atoms with Gasteiger partial charge in [-0.25, -0.2) is 13.1 Å². The average Bonchev–Trinajstić information content (AvgIpc) is 3.04. The van der Waals surface area contributed by atoms with Crippen LogP contribution in [0.1, 0.15) is 22.8 Å². The lowest BCUT2D eigenvalue weighted by Gasteiger charge is -2.17. The first kappa shape index (κ1) is 19.3. The van der Waals surface area contributed by atoms with Crippen molar-refractivity contribution in [2.75, 3.05) is 0 Å². The number of hydrogen-bond donors (Lipinski definition) is 3. The van der Waals surface area contributed by atoms with Crippen LogP contribution in [-0.2, 0) is 16.4 Å². The van der Waals surface area contributed by atoms with Gasteiger partial charge in [-0.2, -0.15) is 0 Å². The van der Waals surface area contributed by atoms with Crippen LogP contribution in [0.5, 0.6) is 0 Å². The highest BCUT2D eigenvalue weighted by Crippen LogP contribution is 2.22. The van der Waals surface area contributed by atoms with Gasteiger partial charge >= 0.3 is 7.12 Å². The molecule has 1 atom stereocenters. The molecule has 0 aliphatic rings. The van der Waals surface area contributed by atoms with Crippen molar-refractivity contribution < 1.29 is 27.7 Å². The maximum absolute atomic E-state index is 12.6. The fraction of sp³-hybridized carbons (Fsp3) is 0.167. The number of furan rings is 1. The van der Waals surface area contributed by atoms with Crippen LogP contribution in [0.15, 0.2) is 64.1 Å². The molecule has 1 heterocycles. The van der Waals surface area contributed by atoms with Crippen LogP contribution in [0.2, 0.25) is 0 Å². The third kappa shape index (κ3) is 4.28. The minimum absolute atomic E-state index is 0.0142. The summed E-state index contributed by atoms with van der Waals surface area (Å²) in [5, 5.41) is 20.1. The maximum Gasteiger partial charge on any atom is 0.471 e. The molecule has 7 nitrogen and oxygen atoms in total. The van der Waals surface area contributed by atoms with Crippen LogP contribution in [0.3, 0.4) is 0 Å². The number of nitrogens with one attached hydrogen (secondary N) is 1. The van der Waals surface area contributed by atoms with E-state index in [1.54, 1.807) is 18.2 Å². The monoisotopic (exact) mass is 387 g/mol. The summed E-state index contributed by atoms with van der Waals surface area (Å²) in [6, 6.07) is 12.7. The second-order valence-electron chi connectivity index (χ2n) is 6.19. The van der Waals surface area contributed by atoms with Crippen molar-refractivity contribution in [1.82, 2.24) is 4.72 Å². The van der Waals surface area contributed by atoms with E-state index in [4.69, 9.17) is 4.42 Å². The number of fused-ring (bicyclic) bond motifs is 1. The first-order valence-electron chi connectivity index (χ1n) is 8.22. The van der Waals surface area contributed by atoms with Gasteiger partial charge in [-0.05, 0) is 37.1 Å². The molecule has 0 bridgehead atoms. The Labute approximate surface area is 156 Å². The van der Waals surface area contributed by atoms with Crippen molar-refractivity contribution >= 4 is 33.9 Å². The first-order valence-corrected chi connectivity index (χ1v) is 9.71. The summed E-state index contributed by atoms with van der Waals surface area (Å²) in [5.41, 5.74) is 1.51. The molecule has 27 heavy (non-hydrogen) atoms. The van der Waals surface area contributed by atoms with Gasteiger partial charge in [0.05, 0.1) is 17.1 Å². The Bertz CT molecular complexity index is 1080. The third-order valence-corrected chi connectivity index (χ3v) is 5.71. The number of rotatable bonds is 7. The molecule has 3 aromatic rings. The highest BCUT2D eigenvalue weighted by molar-refractivity contribution is 7.89. The summed E-state index contributed by atoms with van der Waals surface area (Å²) in [7, 11) is -6.00. The number of hydrogen-bond acceptors (Lipinski definition) is 6. The SMILES string of the molecule is CC(=O)c1cccc(S(=O)(=O)N[C@@H](Cc2coc3ccccc23)B(O)O)c1. The van der Waals surface area contributed by atoms with E-state index in [1.165, 1.54) is 37.5 Å². The lowest BCUT2D eigenvalue weighted by molar-refractivity contribution is 0.101. The zero-order valence-corrected chi connectivity index (χ0v) is 15.3. The number of ketones is 1. The highest BCUT2D eigenvalue weighted by atomic mass is 32.2. The Morgan fingerprint density at radius 1 is 1.19 bits per heavy atom. The van der Waals surface area contributed by atoms with Gasteiger partial charge in [-0.15, -0.1) is 0 Å². The molecule has 3 N–H and O–H groups in total. The number of carbonyl (C=O) groups is 1. The van der Waals surface area contributed by atoms with Crippen LogP contribution in [0.25, 0.3) is 11.0 Å². The Kier molecular flexibility index (Phi) is 5.47. The van der Waals surface area contributed by atoms with Crippen LogP contribution in [0.4, 0.5) is 0 Å². The molecule has 140 valence electrons. The number of sulfonamides is 1. The predicted molar refractivity (Wildman–Crippen MR) is 101 cm³/mol. The number of carbonyl (C=O) groups excluding carboxylic acids is 1. The van der Waals surface area contributed by atoms with Gasteiger partial charge in [-0.3, -0.25) is 4.79 Å². The molecule has 0 unspecified atom stereocenters. The van der Waals surface area contributed by atoms with Gasteiger partial charge in [0.2, 0.25) is 10.0 Å². The van der Waals surface area contributed by atoms with E-state index in [1.807, 2.05) is 6.07 Å². The van der Waals surface area contributed by atoms with E-state index < -0.39 is 23.1 Å². The van der Waals surface area contributed by atoms with Crippen molar-refractivity contribution in [2.45, 2.75) is 24.2 Å². The van der Waals surface area contributed by atoms with E-state index in [0.717, 1.165) is 5.39 Å². The van der Waals surface area contributed by atoms with Gasteiger partial charge in [0.25, 0.3) is 0 Å². The minimum atomic E-state index is -4.07. The molecule has 0 saturated carbocycles. The van der Waals surface area contributed by atoms with Crippen molar-refractivity contribution in [3.8, 4) is 0 Å². The second kappa shape index (κ2) is 7.65. The third-order valence-electron chi connectivity index (χ3n) is 4.22. The van der Waals surface area contributed by atoms with Crippen LogP contribution in [0, 0.1) is 0 Å². The lowest BCUT2D eigenvalue weighted by Crippen LogP contribution is -2.47. The smallest absolute Gasteiger partial charge is 0.464 e.